The molecule has 0 aromatic heterocycles. The van der Waals surface area contributed by atoms with Gasteiger partial charge in [0.2, 0.25) is 5.12 Å². The number of nitrogens with zero attached hydrogens (tertiary/aromatic N) is 1. The molecule has 1 fully saturated rings. The van der Waals surface area contributed by atoms with E-state index >= 15 is 0 Å². The Balaban J connectivity index is 2.03. The van der Waals surface area contributed by atoms with Crippen LogP contribution in [-0.2, 0) is 11.3 Å². The molecular formula is C11H13NOS2. The largest absolute Gasteiger partial charge is 0.286 e. The lowest BCUT2D eigenvalue weighted by molar-refractivity contribution is -0.111. The second-order valence-electron chi connectivity index (χ2n) is 3.52. The Morgan fingerprint density at radius 3 is 2.80 bits per heavy atom. The van der Waals surface area contributed by atoms with Crippen molar-refractivity contribution in [3.8, 4) is 0 Å². The molecular weight excluding hydrogens is 226 g/mol. The first kappa shape index (κ1) is 11.0. The van der Waals surface area contributed by atoms with E-state index in [1.807, 2.05) is 18.2 Å². The highest BCUT2D eigenvalue weighted by atomic mass is 32.2. The molecule has 0 amide bonds. The van der Waals surface area contributed by atoms with Crippen molar-refractivity contribution in [2.75, 3.05) is 12.3 Å². The lowest BCUT2D eigenvalue weighted by Crippen LogP contribution is -2.29. The summed E-state index contributed by atoms with van der Waals surface area (Å²) >= 11 is 5.67. The van der Waals surface area contributed by atoms with Gasteiger partial charge in [0.05, 0.1) is 11.9 Å². The Bertz CT molecular complexity index is 342. The van der Waals surface area contributed by atoms with Crippen LogP contribution in [0.2, 0.25) is 0 Å². The summed E-state index contributed by atoms with van der Waals surface area (Å²) in [4.78, 5) is 13.5. The maximum absolute atomic E-state index is 11.3. The first-order valence-corrected chi connectivity index (χ1v) is 6.39. The van der Waals surface area contributed by atoms with Crippen molar-refractivity contribution < 1.29 is 4.79 Å². The fourth-order valence-corrected chi connectivity index (χ4v) is 3.03. The van der Waals surface area contributed by atoms with Gasteiger partial charge in [0.15, 0.2) is 0 Å². The van der Waals surface area contributed by atoms with Gasteiger partial charge in [-0.25, -0.2) is 0 Å². The van der Waals surface area contributed by atoms with Crippen molar-refractivity contribution in [2.45, 2.75) is 11.9 Å². The summed E-state index contributed by atoms with van der Waals surface area (Å²) in [7, 11) is 0. The van der Waals surface area contributed by atoms with E-state index in [0.29, 0.717) is 6.54 Å². The summed E-state index contributed by atoms with van der Waals surface area (Å²) in [6, 6.07) is 10.2. The molecule has 1 heterocycles. The number of thiol groups is 1. The Morgan fingerprint density at radius 1 is 1.40 bits per heavy atom. The minimum Gasteiger partial charge on any atom is -0.286 e. The van der Waals surface area contributed by atoms with Crippen LogP contribution >= 0.6 is 24.4 Å². The van der Waals surface area contributed by atoms with Crippen molar-refractivity contribution in [1.29, 1.82) is 0 Å². The average Bonchev–Trinajstić information content (AvgIpc) is 2.60. The highest BCUT2D eigenvalue weighted by molar-refractivity contribution is 8.14. The van der Waals surface area contributed by atoms with Crippen LogP contribution in [0, 0.1) is 0 Å². The SMILES string of the molecule is O=C1CN(Cc2ccccc2)[C@@H](CS)S1. The van der Waals surface area contributed by atoms with Gasteiger partial charge in [0.1, 0.15) is 0 Å². The normalized spacial score (nSPS) is 22.2. The van der Waals surface area contributed by atoms with E-state index in [0.717, 1.165) is 12.3 Å². The van der Waals surface area contributed by atoms with E-state index in [2.05, 4.69) is 29.7 Å². The lowest BCUT2D eigenvalue weighted by atomic mass is 10.2. The van der Waals surface area contributed by atoms with Gasteiger partial charge in [-0.1, -0.05) is 42.1 Å². The third-order valence-electron chi connectivity index (χ3n) is 2.39. The van der Waals surface area contributed by atoms with Crippen LogP contribution in [0.5, 0.6) is 0 Å². The first-order valence-electron chi connectivity index (χ1n) is 4.88. The molecule has 4 heteroatoms. The lowest BCUT2D eigenvalue weighted by Gasteiger charge is -2.20. The van der Waals surface area contributed by atoms with Gasteiger partial charge in [0.25, 0.3) is 0 Å². The van der Waals surface area contributed by atoms with Gasteiger partial charge in [0, 0.05) is 12.3 Å². The van der Waals surface area contributed by atoms with Gasteiger partial charge < -0.3 is 0 Å². The second kappa shape index (κ2) is 5.05. The molecule has 0 unspecified atom stereocenters. The molecule has 1 aliphatic heterocycles. The number of benzene rings is 1. The molecule has 2 nitrogen and oxygen atoms in total. The predicted molar refractivity (Wildman–Crippen MR) is 67.1 cm³/mol. The van der Waals surface area contributed by atoms with Gasteiger partial charge in [-0.05, 0) is 5.56 Å². The van der Waals surface area contributed by atoms with Crippen LogP contribution < -0.4 is 0 Å². The molecule has 15 heavy (non-hydrogen) atoms. The highest BCUT2D eigenvalue weighted by Crippen LogP contribution is 2.27. The maximum atomic E-state index is 11.3. The molecule has 1 saturated heterocycles. The molecule has 1 aliphatic rings. The Morgan fingerprint density at radius 2 is 2.13 bits per heavy atom. The van der Waals surface area contributed by atoms with Crippen LogP contribution in [-0.4, -0.2) is 27.7 Å². The molecule has 0 aliphatic carbocycles. The van der Waals surface area contributed by atoms with E-state index in [-0.39, 0.29) is 10.5 Å². The maximum Gasteiger partial charge on any atom is 0.204 e. The summed E-state index contributed by atoms with van der Waals surface area (Å²) in [6.45, 7) is 1.38. The third-order valence-corrected chi connectivity index (χ3v) is 4.11. The summed E-state index contributed by atoms with van der Waals surface area (Å²) in [6.07, 6.45) is 0. The number of hydrogen-bond acceptors (Lipinski definition) is 4. The topological polar surface area (TPSA) is 20.3 Å². The number of carbonyl (C=O) groups is 1. The van der Waals surface area contributed by atoms with E-state index in [1.54, 1.807) is 0 Å². The Labute approximate surface area is 99.4 Å². The quantitative estimate of drug-likeness (QED) is 0.815. The zero-order valence-corrected chi connectivity index (χ0v) is 10.0. The third kappa shape index (κ3) is 2.77. The zero-order chi connectivity index (χ0) is 10.7. The molecule has 1 aromatic carbocycles. The van der Waals surface area contributed by atoms with E-state index < -0.39 is 0 Å². The number of thioether (sulfide) groups is 1. The van der Waals surface area contributed by atoms with Gasteiger partial charge in [-0.2, -0.15) is 12.6 Å². The smallest absolute Gasteiger partial charge is 0.204 e. The monoisotopic (exact) mass is 239 g/mol. The molecule has 80 valence electrons. The highest BCUT2D eigenvalue weighted by Gasteiger charge is 2.29. The standard InChI is InChI=1S/C11H13NOS2/c13-11-7-12(10(8-14)15-11)6-9-4-2-1-3-5-9/h1-5,10,14H,6-8H2/t10-/m1/s1. The summed E-state index contributed by atoms with van der Waals surface area (Å²) in [5.74, 6) is 0.725. The molecule has 2 rings (SSSR count). The predicted octanol–water partition coefficient (Wildman–Crippen LogP) is 2.02. The minimum atomic E-state index is 0.237. The molecule has 0 bridgehead atoms. The summed E-state index contributed by atoms with van der Waals surface area (Å²) in [5.41, 5.74) is 1.25. The summed E-state index contributed by atoms with van der Waals surface area (Å²) in [5, 5.41) is 0.492. The van der Waals surface area contributed by atoms with Gasteiger partial charge in [-0.3, -0.25) is 9.69 Å². The van der Waals surface area contributed by atoms with Gasteiger partial charge in [-0.15, -0.1) is 0 Å². The molecule has 0 saturated carbocycles. The number of carbonyl (C=O) groups excluding carboxylic acids is 1. The Hall–Kier alpha value is -0.450. The average molecular weight is 239 g/mol. The molecule has 0 spiro atoms. The first-order chi connectivity index (χ1) is 7.29. The van der Waals surface area contributed by atoms with Crippen molar-refractivity contribution in [1.82, 2.24) is 4.90 Å². The van der Waals surface area contributed by atoms with Crippen LogP contribution in [0.3, 0.4) is 0 Å². The van der Waals surface area contributed by atoms with Gasteiger partial charge >= 0.3 is 0 Å². The van der Waals surface area contributed by atoms with E-state index in [1.165, 1.54) is 17.3 Å². The minimum absolute atomic E-state index is 0.237. The van der Waals surface area contributed by atoms with Crippen molar-refractivity contribution >= 4 is 29.5 Å². The van der Waals surface area contributed by atoms with E-state index in [9.17, 15) is 4.79 Å². The second-order valence-corrected chi connectivity index (χ2v) is 5.12. The van der Waals surface area contributed by atoms with Crippen molar-refractivity contribution in [3.05, 3.63) is 35.9 Å². The number of hydrogen-bond donors (Lipinski definition) is 1. The Kier molecular flexibility index (Phi) is 3.72. The molecule has 1 atom stereocenters. The fraction of sp³-hybridized carbons (Fsp3) is 0.364. The molecule has 1 aromatic rings. The van der Waals surface area contributed by atoms with Crippen LogP contribution in [0.1, 0.15) is 5.56 Å². The van der Waals surface area contributed by atoms with Crippen LogP contribution in [0.15, 0.2) is 30.3 Å². The molecule has 0 N–H and O–H groups in total. The summed E-state index contributed by atoms with van der Waals surface area (Å²) < 4.78 is 0. The fourth-order valence-electron chi connectivity index (χ4n) is 1.66. The van der Waals surface area contributed by atoms with Crippen molar-refractivity contribution in [3.63, 3.8) is 0 Å². The number of rotatable bonds is 3. The zero-order valence-electron chi connectivity index (χ0n) is 8.30. The van der Waals surface area contributed by atoms with Crippen LogP contribution in [0.4, 0.5) is 0 Å². The molecule has 0 radical (unpaired) electrons. The van der Waals surface area contributed by atoms with Crippen molar-refractivity contribution in [2.24, 2.45) is 0 Å². The van der Waals surface area contributed by atoms with Crippen LogP contribution in [0.25, 0.3) is 0 Å². The van der Waals surface area contributed by atoms with E-state index in [4.69, 9.17) is 0 Å².